The maximum atomic E-state index is 9.64. The van der Waals surface area contributed by atoms with E-state index < -0.39 is 0 Å². The molecular formula is C25H35N3OS. The van der Waals surface area contributed by atoms with Gasteiger partial charge >= 0.3 is 0 Å². The second-order valence-electron chi connectivity index (χ2n) is 9.24. The molecular weight excluding hydrogens is 390 g/mol. The number of rotatable bonds is 6. The average Bonchev–Trinajstić information content (AvgIpc) is 3.46. The summed E-state index contributed by atoms with van der Waals surface area (Å²) in [5.74, 6) is 0. The van der Waals surface area contributed by atoms with Gasteiger partial charge in [-0.05, 0) is 73.2 Å². The van der Waals surface area contributed by atoms with E-state index in [2.05, 4.69) is 50.4 Å². The lowest BCUT2D eigenvalue weighted by atomic mass is 9.98. The molecule has 0 spiro atoms. The van der Waals surface area contributed by atoms with Gasteiger partial charge in [0.25, 0.3) is 0 Å². The highest BCUT2D eigenvalue weighted by atomic mass is 32.1. The van der Waals surface area contributed by atoms with Gasteiger partial charge < -0.3 is 10.0 Å². The summed E-state index contributed by atoms with van der Waals surface area (Å²) in [6.45, 7) is 7.05. The first-order valence-corrected chi connectivity index (χ1v) is 12.7. The van der Waals surface area contributed by atoms with Crippen LogP contribution in [0.2, 0.25) is 0 Å². The molecule has 3 heterocycles. The number of benzene rings is 1. The highest BCUT2D eigenvalue weighted by Gasteiger charge is 2.32. The molecule has 1 aromatic heterocycles. The first-order chi connectivity index (χ1) is 14.8. The Morgan fingerprint density at radius 2 is 1.87 bits per heavy atom. The number of fused-ring (bicyclic) bond motifs is 1. The van der Waals surface area contributed by atoms with E-state index in [4.69, 9.17) is 0 Å². The van der Waals surface area contributed by atoms with Crippen molar-refractivity contribution in [3.8, 4) is 0 Å². The van der Waals surface area contributed by atoms with E-state index in [-0.39, 0.29) is 6.61 Å². The third-order valence-corrected chi connectivity index (χ3v) is 8.33. The van der Waals surface area contributed by atoms with E-state index in [1.807, 2.05) is 11.3 Å². The quantitative estimate of drug-likeness (QED) is 0.763. The van der Waals surface area contributed by atoms with E-state index in [1.54, 1.807) is 11.1 Å². The molecule has 1 aliphatic carbocycles. The fourth-order valence-corrected chi connectivity index (χ4v) is 6.46. The summed E-state index contributed by atoms with van der Waals surface area (Å²) in [5, 5.41) is 11.8. The van der Waals surface area contributed by atoms with Crippen LogP contribution in [-0.4, -0.2) is 66.3 Å². The zero-order valence-corrected chi connectivity index (χ0v) is 18.8. The third-order valence-electron chi connectivity index (χ3n) is 7.47. The molecule has 3 aliphatic rings. The highest BCUT2D eigenvalue weighted by molar-refractivity contribution is 7.09. The molecule has 0 radical (unpaired) electrons. The first kappa shape index (κ1) is 20.5. The van der Waals surface area contributed by atoms with Crippen molar-refractivity contribution in [2.45, 2.75) is 57.2 Å². The molecule has 1 atom stereocenters. The van der Waals surface area contributed by atoms with E-state index in [9.17, 15) is 5.11 Å². The van der Waals surface area contributed by atoms with Gasteiger partial charge in [0.2, 0.25) is 0 Å². The summed E-state index contributed by atoms with van der Waals surface area (Å²) in [6, 6.07) is 12.7. The minimum absolute atomic E-state index is 0.288. The number of thiophene rings is 1. The van der Waals surface area contributed by atoms with Crippen LogP contribution >= 0.6 is 11.3 Å². The van der Waals surface area contributed by atoms with Crippen LogP contribution in [0.5, 0.6) is 0 Å². The monoisotopic (exact) mass is 425 g/mol. The molecule has 0 bridgehead atoms. The minimum atomic E-state index is 0.288. The molecule has 5 heteroatoms. The van der Waals surface area contributed by atoms with E-state index in [0.29, 0.717) is 12.1 Å². The number of hydrogen-bond donors (Lipinski definition) is 1. The standard InChI is InChI=1S/C25H35N3OS/c29-15-10-24-18-27(13-14-28(24)19-25-5-2-16-30-25)22-8-11-26(12-9-22)23-7-6-20-3-1-4-21(20)17-23/h2,5-7,16-17,22,24,29H,1,3-4,8-15,18-19H2. The van der Waals surface area contributed by atoms with Crippen molar-refractivity contribution in [1.29, 1.82) is 0 Å². The van der Waals surface area contributed by atoms with Crippen LogP contribution in [0.1, 0.15) is 41.7 Å². The summed E-state index contributed by atoms with van der Waals surface area (Å²) < 4.78 is 0. The van der Waals surface area contributed by atoms with Crippen LogP contribution in [0.3, 0.4) is 0 Å². The highest BCUT2D eigenvalue weighted by Crippen LogP contribution is 2.30. The van der Waals surface area contributed by atoms with Gasteiger partial charge in [-0.1, -0.05) is 12.1 Å². The van der Waals surface area contributed by atoms with Crippen LogP contribution in [-0.2, 0) is 19.4 Å². The fraction of sp³-hybridized carbons (Fsp3) is 0.600. The Labute approximate surface area is 185 Å². The number of aliphatic hydroxyl groups is 1. The summed E-state index contributed by atoms with van der Waals surface area (Å²) in [6.07, 6.45) is 7.26. The predicted octanol–water partition coefficient (Wildman–Crippen LogP) is 3.77. The maximum Gasteiger partial charge on any atom is 0.0446 e. The molecule has 2 aliphatic heterocycles. The van der Waals surface area contributed by atoms with Gasteiger partial charge in [-0.25, -0.2) is 0 Å². The van der Waals surface area contributed by atoms with Crippen molar-refractivity contribution in [3.05, 3.63) is 51.7 Å². The number of aliphatic hydroxyl groups excluding tert-OH is 1. The third kappa shape index (κ3) is 4.45. The zero-order valence-electron chi connectivity index (χ0n) is 18.0. The average molecular weight is 426 g/mol. The largest absolute Gasteiger partial charge is 0.396 e. The van der Waals surface area contributed by atoms with Crippen molar-refractivity contribution in [2.24, 2.45) is 0 Å². The normalized spacial score (nSPS) is 23.8. The summed E-state index contributed by atoms with van der Waals surface area (Å²) in [7, 11) is 0. The van der Waals surface area contributed by atoms with Crippen LogP contribution in [0.25, 0.3) is 0 Å². The number of nitrogens with zero attached hydrogens (tertiary/aromatic N) is 3. The maximum absolute atomic E-state index is 9.64. The molecule has 5 rings (SSSR count). The van der Waals surface area contributed by atoms with E-state index in [0.717, 1.165) is 32.6 Å². The van der Waals surface area contributed by atoms with Crippen LogP contribution in [0, 0.1) is 0 Å². The Kier molecular flexibility index (Phi) is 6.42. The molecule has 30 heavy (non-hydrogen) atoms. The second-order valence-corrected chi connectivity index (χ2v) is 10.3. The number of piperidine rings is 1. The van der Waals surface area contributed by atoms with Crippen molar-refractivity contribution in [2.75, 3.05) is 44.2 Å². The molecule has 0 amide bonds. The van der Waals surface area contributed by atoms with Crippen molar-refractivity contribution in [1.82, 2.24) is 9.80 Å². The number of hydrogen-bond acceptors (Lipinski definition) is 5. The molecule has 1 N–H and O–H groups in total. The number of anilines is 1. The molecule has 2 saturated heterocycles. The Bertz CT molecular complexity index is 816. The lowest BCUT2D eigenvalue weighted by Gasteiger charge is -2.46. The lowest BCUT2D eigenvalue weighted by molar-refractivity contribution is 0.0260. The number of aryl methyl sites for hydroxylation is 2. The Morgan fingerprint density at radius 3 is 2.67 bits per heavy atom. The van der Waals surface area contributed by atoms with Gasteiger partial charge in [0.15, 0.2) is 0 Å². The second kappa shape index (κ2) is 9.39. The van der Waals surface area contributed by atoms with Gasteiger partial charge in [-0.15, -0.1) is 11.3 Å². The van der Waals surface area contributed by atoms with Gasteiger partial charge in [0.1, 0.15) is 0 Å². The summed E-state index contributed by atoms with van der Waals surface area (Å²) in [4.78, 5) is 9.37. The van der Waals surface area contributed by atoms with Crippen LogP contribution in [0.4, 0.5) is 5.69 Å². The lowest BCUT2D eigenvalue weighted by Crippen LogP contribution is -2.57. The minimum Gasteiger partial charge on any atom is -0.396 e. The first-order valence-electron chi connectivity index (χ1n) is 11.8. The Balaban J connectivity index is 1.17. The smallest absolute Gasteiger partial charge is 0.0446 e. The molecule has 4 nitrogen and oxygen atoms in total. The molecule has 1 aromatic carbocycles. The number of piperazine rings is 1. The molecule has 0 saturated carbocycles. The predicted molar refractivity (Wildman–Crippen MR) is 125 cm³/mol. The van der Waals surface area contributed by atoms with Crippen molar-refractivity contribution < 1.29 is 5.11 Å². The Hall–Kier alpha value is -1.40. The molecule has 2 fully saturated rings. The van der Waals surface area contributed by atoms with Crippen LogP contribution < -0.4 is 4.90 Å². The van der Waals surface area contributed by atoms with E-state index in [1.165, 1.54) is 55.8 Å². The summed E-state index contributed by atoms with van der Waals surface area (Å²) >= 11 is 1.85. The molecule has 162 valence electrons. The van der Waals surface area contributed by atoms with Crippen LogP contribution in [0.15, 0.2) is 35.7 Å². The van der Waals surface area contributed by atoms with Gasteiger partial charge in [-0.2, -0.15) is 0 Å². The van der Waals surface area contributed by atoms with E-state index >= 15 is 0 Å². The van der Waals surface area contributed by atoms with Crippen molar-refractivity contribution >= 4 is 17.0 Å². The fourth-order valence-electron chi connectivity index (χ4n) is 5.73. The Morgan fingerprint density at radius 1 is 1.00 bits per heavy atom. The van der Waals surface area contributed by atoms with Crippen molar-refractivity contribution in [3.63, 3.8) is 0 Å². The SMILES string of the molecule is OCCC1CN(C2CCN(c3ccc4c(c3)CCC4)CC2)CCN1Cc1cccs1. The zero-order chi connectivity index (χ0) is 20.3. The van der Waals surface area contributed by atoms with Gasteiger partial charge in [0.05, 0.1) is 0 Å². The molecule has 1 unspecified atom stereocenters. The van der Waals surface area contributed by atoms with Gasteiger partial charge in [-0.3, -0.25) is 9.80 Å². The summed E-state index contributed by atoms with van der Waals surface area (Å²) in [5.41, 5.74) is 4.60. The topological polar surface area (TPSA) is 30.0 Å². The molecule has 2 aromatic rings. The van der Waals surface area contributed by atoms with Gasteiger partial charge in [0, 0.05) is 68.5 Å².